The molecular formula is C17H18O3S2. The summed E-state index contributed by atoms with van der Waals surface area (Å²) in [6, 6.07) is 13.8. The predicted molar refractivity (Wildman–Crippen MR) is 96.4 cm³/mol. The second-order valence-electron chi connectivity index (χ2n) is 5.08. The van der Waals surface area contributed by atoms with Crippen LogP contribution in [0.1, 0.15) is 36.5 Å². The quantitative estimate of drug-likeness (QED) is 0.403. The van der Waals surface area contributed by atoms with Crippen molar-refractivity contribution in [3.8, 4) is 11.5 Å². The van der Waals surface area contributed by atoms with Crippen molar-refractivity contribution in [2.75, 3.05) is 0 Å². The molecule has 0 spiro atoms. The molecule has 0 atom stereocenters. The first-order chi connectivity index (χ1) is 10.7. The van der Waals surface area contributed by atoms with Crippen molar-refractivity contribution < 1.29 is 12.9 Å². The van der Waals surface area contributed by atoms with E-state index in [0.29, 0.717) is 23.8 Å². The molecule has 0 radical (unpaired) electrons. The van der Waals surface area contributed by atoms with Crippen LogP contribution in [0.2, 0.25) is 0 Å². The maximum atomic E-state index is 9.00. The van der Waals surface area contributed by atoms with Gasteiger partial charge in [0.05, 0.1) is 0 Å². The van der Waals surface area contributed by atoms with Crippen LogP contribution in [0.15, 0.2) is 42.5 Å². The van der Waals surface area contributed by atoms with Gasteiger partial charge in [0.15, 0.2) is 0 Å². The highest BCUT2D eigenvalue weighted by molar-refractivity contribution is 7.89. The summed E-state index contributed by atoms with van der Waals surface area (Å²) in [7, 11) is 0. The summed E-state index contributed by atoms with van der Waals surface area (Å²) >= 11 is 4.25. The topological polar surface area (TPSA) is 38.7 Å². The smallest absolute Gasteiger partial charge is 0.222 e. The fourth-order valence-corrected chi connectivity index (χ4v) is 2.60. The molecule has 0 aliphatic carbocycles. The van der Waals surface area contributed by atoms with Gasteiger partial charge in [-0.15, -0.1) is 0 Å². The SMILES string of the molecule is CC(C)c1c(OS)cc(/C=C/c2ccccc2)cc1OSO. The summed E-state index contributed by atoms with van der Waals surface area (Å²) in [5.41, 5.74) is 2.87. The van der Waals surface area contributed by atoms with Crippen molar-refractivity contribution in [3.63, 3.8) is 0 Å². The van der Waals surface area contributed by atoms with Crippen LogP contribution in [0, 0.1) is 0 Å². The maximum absolute atomic E-state index is 9.00. The molecule has 0 saturated carbocycles. The van der Waals surface area contributed by atoms with E-state index < -0.39 is 0 Å². The summed E-state index contributed by atoms with van der Waals surface area (Å²) in [4.78, 5) is 0. The van der Waals surface area contributed by atoms with E-state index in [2.05, 4.69) is 12.9 Å². The average Bonchev–Trinajstić information content (AvgIpc) is 2.53. The van der Waals surface area contributed by atoms with E-state index in [-0.39, 0.29) is 5.92 Å². The molecule has 0 amide bonds. The zero-order valence-corrected chi connectivity index (χ0v) is 14.1. The van der Waals surface area contributed by atoms with Gasteiger partial charge < -0.3 is 8.37 Å². The highest BCUT2D eigenvalue weighted by Crippen LogP contribution is 2.38. The van der Waals surface area contributed by atoms with E-state index in [1.807, 2.05) is 68.5 Å². The average molecular weight is 334 g/mol. The van der Waals surface area contributed by atoms with Gasteiger partial charge in [0.2, 0.25) is 12.3 Å². The molecule has 0 saturated heterocycles. The molecule has 0 heterocycles. The Morgan fingerprint density at radius 3 is 2.27 bits per heavy atom. The summed E-state index contributed by atoms with van der Waals surface area (Å²) in [5.74, 6) is 1.37. The third-order valence-corrected chi connectivity index (χ3v) is 3.65. The van der Waals surface area contributed by atoms with Crippen LogP contribution in [-0.2, 0) is 0 Å². The van der Waals surface area contributed by atoms with E-state index in [4.69, 9.17) is 12.9 Å². The Kier molecular flexibility index (Phi) is 6.24. The Hall–Kier alpha value is -1.56. The fourth-order valence-electron chi connectivity index (χ4n) is 2.23. The number of rotatable bonds is 6. The van der Waals surface area contributed by atoms with Crippen LogP contribution in [0.3, 0.4) is 0 Å². The highest BCUT2D eigenvalue weighted by Gasteiger charge is 2.16. The van der Waals surface area contributed by atoms with Gasteiger partial charge in [0, 0.05) is 18.5 Å². The number of hydrogen-bond donors (Lipinski definition) is 2. The van der Waals surface area contributed by atoms with Gasteiger partial charge in [0.25, 0.3) is 0 Å². The van der Waals surface area contributed by atoms with Gasteiger partial charge in [-0.1, -0.05) is 56.3 Å². The van der Waals surface area contributed by atoms with Crippen molar-refractivity contribution in [2.45, 2.75) is 19.8 Å². The second-order valence-corrected chi connectivity index (χ2v) is 5.58. The van der Waals surface area contributed by atoms with Gasteiger partial charge in [-0.05, 0) is 29.2 Å². The first kappa shape index (κ1) is 16.8. The monoisotopic (exact) mass is 334 g/mol. The van der Waals surface area contributed by atoms with Crippen molar-refractivity contribution in [3.05, 3.63) is 59.2 Å². The normalized spacial score (nSPS) is 11.1. The summed E-state index contributed by atoms with van der Waals surface area (Å²) < 4.78 is 19.4. The molecule has 0 fully saturated rings. The number of thiol groups is 1. The molecule has 0 aromatic heterocycles. The van der Waals surface area contributed by atoms with Gasteiger partial charge in [-0.2, -0.15) is 0 Å². The van der Waals surface area contributed by atoms with E-state index >= 15 is 0 Å². The standard InChI is InChI=1S/C17H18O3S2/c1-12(2)17-15(19-21)10-14(11-16(17)20-22-18)9-8-13-6-4-3-5-7-13/h3-12,18,21H,1-2H3/b9-8+. The summed E-state index contributed by atoms with van der Waals surface area (Å²) in [6.45, 7) is 4.06. The third kappa shape index (κ3) is 4.22. The lowest BCUT2D eigenvalue weighted by molar-refractivity contribution is 0.527. The second kappa shape index (κ2) is 8.17. The molecule has 0 aliphatic heterocycles. The molecule has 0 unspecified atom stereocenters. The molecule has 2 aromatic rings. The van der Waals surface area contributed by atoms with Crippen LogP contribution < -0.4 is 8.37 Å². The molecule has 5 heteroatoms. The fraction of sp³-hybridized carbons (Fsp3) is 0.176. The molecule has 22 heavy (non-hydrogen) atoms. The lowest BCUT2D eigenvalue weighted by atomic mass is 9.98. The number of hydrogen-bond acceptors (Lipinski definition) is 5. The Morgan fingerprint density at radius 2 is 1.68 bits per heavy atom. The van der Waals surface area contributed by atoms with Crippen molar-refractivity contribution in [1.29, 1.82) is 0 Å². The van der Waals surface area contributed by atoms with E-state index in [0.717, 1.165) is 16.7 Å². The Bertz CT molecular complexity index is 640. The van der Waals surface area contributed by atoms with Gasteiger partial charge in [0.1, 0.15) is 11.5 Å². The summed E-state index contributed by atoms with van der Waals surface area (Å²) in [5, 5.41) is 0. The minimum absolute atomic E-state index is 0.177. The van der Waals surface area contributed by atoms with E-state index in [1.165, 1.54) is 0 Å². The Balaban J connectivity index is 2.40. The zero-order chi connectivity index (χ0) is 15.9. The summed E-state index contributed by atoms with van der Waals surface area (Å²) in [6.07, 6.45) is 3.97. The molecule has 116 valence electrons. The molecule has 0 aliphatic rings. The van der Waals surface area contributed by atoms with Crippen molar-refractivity contribution >= 4 is 37.4 Å². The van der Waals surface area contributed by atoms with Crippen LogP contribution in [0.4, 0.5) is 0 Å². The van der Waals surface area contributed by atoms with Crippen molar-refractivity contribution in [2.24, 2.45) is 0 Å². The van der Waals surface area contributed by atoms with Crippen LogP contribution in [-0.4, -0.2) is 4.55 Å². The van der Waals surface area contributed by atoms with Crippen molar-refractivity contribution in [1.82, 2.24) is 0 Å². The predicted octanol–water partition coefficient (Wildman–Crippen LogP) is 5.70. The minimum Gasteiger partial charge on any atom is -0.428 e. The lowest BCUT2D eigenvalue weighted by Crippen LogP contribution is -1.97. The van der Waals surface area contributed by atoms with Gasteiger partial charge in [-0.25, -0.2) is 0 Å². The molecule has 2 rings (SSSR count). The maximum Gasteiger partial charge on any atom is 0.222 e. The Labute approximate surface area is 141 Å². The van der Waals surface area contributed by atoms with Gasteiger partial charge >= 0.3 is 0 Å². The molecular weight excluding hydrogens is 316 g/mol. The molecule has 2 aromatic carbocycles. The zero-order valence-electron chi connectivity index (χ0n) is 12.4. The minimum atomic E-state index is 0.177. The van der Waals surface area contributed by atoms with Crippen LogP contribution in [0.5, 0.6) is 11.5 Å². The molecule has 1 N–H and O–H groups in total. The first-order valence-electron chi connectivity index (χ1n) is 6.86. The highest BCUT2D eigenvalue weighted by atomic mass is 32.2. The van der Waals surface area contributed by atoms with E-state index in [9.17, 15) is 0 Å². The van der Waals surface area contributed by atoms with Crippen LogP contribution in [0.25, 0.3) is 12.2 Å². The van der Waals surface area contributed by atoms with Crippen LogP contribution >= 0.6 is 25.2 Å². The molecule has 0 bridgehead atoms. The first-order valence-corrected chi connectivity index (χ1v) is 7.92. The largest absolute Gasteiger partial charge is 0.428 e. The van der Waals surface area contributed by atoms with Gasteiger partial charge in [-0.3, -0.25) is 4.55 Å². The lowest BCUT2D eigenvalue weighted by Gasteiger charge is -2.16. The van der Waals surface area contributed by atoms with E-state index in [1.54, 1.807) is 0 Å². The number of benzene rings is 2. The Morgan fingerprint density at radius 1 is 1.05 bits per heavy atom. The third-order valence-electron chi connectivity index (χ3n) is 3.20. The molecule has 3 nitrogen and oxygen atoms in total.